The average molecular weight is 282 g/mol. The Morgan fingerprint density at radius 3 is 2.71 bits per heavy atom. The van der Waals surface area contributed by atoms with Crippen LogP contribution in [-0.4, -0.2) is 17.4 Å². The summed E-state index contributed by atoms with van der Waals surface area (Å²) in [5.41, 5.74) is 3.24. The molecule has 1 aromatic heterocycles. The van der Waals surface area contributed by atoms with Crippen molar-refractivity contribution in [3.8, 4) is 0 Å². The molecule has 1 unspecified atom stereocenters. The molecule has 3 heteroatoms. The van der Waals surface area contributed by atoms with Crippen LogP contribution in [0.2, 0.25) is 0 Å². The number of carbonyl (C=O) groups is 1. The average Bonchev–Trinajstić information content (AvgIpc) is 2.49. The van der Waals surface area contributed by atoms with E-state index in [1.54, 1.807) is 6.20 Å². The van der Waals surface area contributed by atoms with Crippen LogP contribution in [0.4, 0.5) is 5.69 Å². The van der Waals surface area contributed by atoms with E-state index in [2.05, 4.69) is 18.0 Å². The molecule has 0 fully saturated rings. The molecule has 0 aliphatic rings. The molecule has 1 amide bonds. The van der Waals surface area contributed by atoms with Gasteiger partial charge < -0.3 is 4.90 Å². The minimum atomic E-state index is 0.152. The minimum Gasteiger partial charge on any atom is -0.313 e. The molecule has 0 N–H and O–H groups in total. The van der Waals surface area contributed by atoms with Gasteiger partial charge in [0.2, 0.25) is 5.91 Å². The fraction of sp³-hybridized carbons (Fsp3) is 0.333. The maximum atomic E-state index is 12.6. The van der Waals surface area contributed by atoms with E-state index in [1.165, 1.54) is 5.56 Å². The zero-order valence-corrected chi connectivity index (χ0v) is 12.9. The monoisotopic (exact) mass is 282 g/mol. The molecule has 0 saturated heterocycles. The van der Waals surface area contributed by atoms with Gasteiger partial charge in [-0.3, -0.25) is 9.78 Å². The first-order valence-electron chi connectivity index (χ1n) is 7.38. The Bertz CT molecular complexity index is 595. The Hall–Kier alpha value is -2.16. The highest BCUT2D eigenvalue weighted by atomic mass is 16.2. The third kappa shape index (κ3) is 3.91. The number of aromatic nitrogens is 1. The highest BCUT2D eigenvalue weighted by Gasteiger charge is 2.18. The Morgan fingerprint density at radius 1 is 1.29 bits per heavy atom. The SMILES string of the molecule is CCN(C(=O)CC(C)c1cccnc1)c1cccc(C)c1. The van der Waals surface area contributed by atoms with Gasteiger partial charge in [0.1, 0.15) is 0 Å². The van der Waals surface area contributed by atoms with Gasteiger partial charge >= 0.3 is 0 Å². The normalized spacial score (nSPS) is 12.0. The van der Waals surface area contributed by atoms with Gasteiger partial charge in [0.05, 0.1) is 0 Å². The van der Waals surface area contributed by atoms with E-state index in [4.69, 9.17) is 0 Å². The Morgan fingerprint density at radius 2 is 2.10 bits per heavy atom. The van der Waals surface area contributed by atoms with Crippen molar-refractivity contribution in [1.29, 1.82) is 0 Å². The fourth-order valence-corrected chi connectivity index (χ4v) is 2.46. The van der Waals surface area contributed by atoms with Gasteiger partial charge in [0.15, 0.2) is 0 Å². The van der Waals surface area contributed by atoms with E-state index in [9.17, 15) is 4.79 Å². The van der Waals surface area contributed by atoms with Gasteiger partial charge in [-0.1, -0.05) is 25.1 Å². The summed E-state index contributed by atoms with van der Waals surface area (Å²) in [6.07, 6.45) is 4.08. The summed E-state index contributed by atoms with van der Waals surface area (Å²) >= 11 is 0. The summed E-state index contributed by atoms with van der Waals surface area (Å²) in [7, 11) is 0. The lowest BCUT2D eigenvalue weighted by Gasteiger charge is -2.23. The number of rotatable bonds is 5. The fourth-order valence-electron chi connectivity index (χ4n) is 2.46. The van der Waals surface area contributed by atoms with Gasteiger partial charge in [-0.15, -0.1) is 0 Å². The summed E-state index contributed by atoms with van der Waals surface area (Å²) < 4.78 is 0. The molecule has 1 heterocycles. The Kier molecular flexibility index (Phi) is 5.09. The summed E-state index contributed by atoms with van der Waals surface area (Å²) in [5.74, 6) is 0.324. The number of carbonyl (C=O) groups excluding carboxylic acids is 1. The zero-order chi connectivity index (χ0) is 15.2. The quantitative estimate of drug-likeness (QED) is 0.832. The maximum Gasteiger partial charge on any atom is 0.227 e. The summed E-state index contributed by atoms with van der Waals surface area (Å²) in [6, 6.07) is 12.0. The molecule has 110 valence electrons. The predicted molar refractivity (Wildman–Crippen MR) is 86.5 cm³/mol. The number of aryl methyl sites for hydroxylation is 1. The Balaban J connectivity index is 2.10. The van der Waals surface area contributed by atoms with Crippen LogP contribution in [0.25, 0.3) is 0 Å². The summed E-state index contributed by atoms with van der Waals surface area (Å²) in [4.78, 5) is 18.5. The van der Waals surface area contributed by atoms with Crippen molar-refractivity contribution in [2.24, 2.45) is 0 Å². The third-order valence-electron chi connectivity index (χ3n) is 3.66. The highest BCUT2D eigenvalue weighted by Crippen LogP contribution is 2.22. The Labute approximate surface area is 126 Å². The molecule has 0 aliphatic carbocycles. The van der Waals surface area contributed by atoms with Crippen molar-refractivity contribution in [2.75, 3.05) is 11.4 Å². The molecule has 1 atom stereocenters. The highest BCUT2D eigenvalue weighted by molar-refractivity contribution is 5.93. The van der Waals surface area contributed by atoms with Crippen LogP contribution in [0.1, 0.15) is 37.3 Å². The van der Waals surface area contributed by atoms with Gasteiger partial charge in [0, 0.05) is 31.0 Å². The third-order valence-corrected chi connectivity index (χ3v) is 3.66. The van der Waals surface area contributed by atoms with Gasteiger partial charge in [-0.05, 0) is 49.1 Å². The second-order valence-electron chi connectivity index (χ2n) is 5.37. The first kappa shape index (κ1) is 15.2. The lowest BCUT2D eigenvalue weighted by atomic mass is 9.99. The number of hydrogen-bond donors (Lipinski definition) is 0. The van der Waals surface area contributed by atoms with Gasteiger partial charge in [0.25, 0.3) is 0 Å². The van der Waals surface area contributed by atoms with Crippen molar-refractivity contribution >= 4 is 11.6 Å². The second-order valence-corrected chi connectivity index (χ2v) is 5.37. The molecular formula is C18H22N2O. The first-order chi connectivity index (χ1) is 10.1. The molecule has 2 rings (SSSR count). The topological polar surface area (TPSA) is 33.2 Å². The van der Waals surface area contributed by atoms with Crippen LogP contribution in [-0.2, 0) is 4.79 Å². The number of anilines is 1. The van der Waals surface area contributed by atoms with Gasteiger partial charge in [-0.2, -0.15) is 0 Å². The van der Waals surface area contributed by atoms with Crippen molar-refractivity contribution in [3.63, 3.8) is 0 Å². The van der Waals surface area contributed by atoms with Crippen molar-refractivity contribution in [2.45, 2.75) is 33.1 Å². The summed E-state index contributed by atoms with van der Waals surface area (Å²) in [6.45, 7) is 6.80. The smallest absolute Gasteiger partial charge is 0.227 e. The van der Waals surface area contributed by atoms with Crippen molar-refractivity contribution < 1.29 is 4.79 Å². The molecule has 0 saturated carbocycles. The van der Waals surface area contributed by atoms with Crippen LogP contribution >= 0.6 is 0 Å². The molecule has 0 aliphatic heterocycles. The van der Waals surface area contributed by atoms with E-state index in [0.717, 1.165) is 11.3 Å². The van der Waals surface area contributed by atoms with Crippen molar-refractivity contribution in [3.05, 3.63) is 59.9 Å². The lowest BCUT2D eigenvalue weighted by Crippen LogP contribution is -2.31. The number of benzene rings is 1. The standard InChI is InChI=1S/C18H22N2O/c1-4-20(17-9-5-7-14(2)11-17)18(21)12-15(3)16-8-6-10-19-13-16/h5-11,13,15H,4,12H2,1-3H3. The first-order valence-corrected chi connectivity index (χ1v) is 7.38. The van der Waals surface area contributed by atoms with E-state index in [1.807, 2.05) is 55.3 Å². The molecule has 0 bridgehead atoms. The molecule has 3 nitrogen and oxygen atoms in total. The van der Waals surface area contributed by atoms with Crippen LogP contribution in [0.5, 0.6) is 0 Å². The van der Waals surface area contributed by atoms with Crippen LogP contribution in [0, 0.1) is 6.92 Å². The zero-order valence-electron chi connectivity index (χ0n) is 12.9. The maximum absolute atomic E-state index is 12.6. The van der Waals surface area contributed by atoms with E-state index >= 15 is 0 Å². The lowest BCUT2D eigenvalue weighted by molar-refractivity contribution is -0.118. The van der Waals surface area contributed by atoms with Crippen LogP contribution in [0.3, 0.4) is 0 Å². The molecule has 2 aromatic rings. The number of amides is 1. The van der Waals surface area contributed by atoms with Crippen LogP contribution in [0.15, 0.2) is 48.8 Å². The van der Waals surface area contributed by atoms with Gasteiger partial charge in [-0.25, -0.2) is 0 Å². The van der Waals surface area contributed by atoms with E-state index in [-0.39, 0.29) is 11.8 Å². The van der Waals surface area contributed by atoms with E-state index in [0.29, 0.717) is 13.0 Å². The second kappa shape index (κ2) is 7.02. The molecule has 0 spiro atoms. The minimum absolute atomic E-state index is 0.152. The van der Waals surface area contributed by atoms with E-state index < -0.39 is 0 Å². The summed E-state index contributed by atoms with van der Waals surface area (Å²) in [5, 5.41) is 0. The predicted octanol–water partition coefficient (Wildman–Crippen LogP) is 3.94. The number of pyridine rings is 1. The van der Waals surface area contributed by atoms with Crippen LogP contribution < -0.4 is 4.90 Å². The largest absolute Gasteiger partial charge is 0.313 e. The molecule has 0 radical (unpaired) electrons. The molecular weight excluding hydrogens is 260 g/mol. The molecule has 1 aromatic carbocycles. The molecule has 21 heavy (non-hydrogen) atoms. The van der Waals surface area contributed by atoms with Crippen molar-refractivity contribution in [1.82, 2.24) is 4.98 Å². The number of hydrogen-bond acceptors (Lipinski definition) is 2. The number of nitrogens with zero attached hydrogens (tertiary/aromatic N) is 2.